The second-order valence-corrected chi connectivity index (χ2v) is 7.71. The van der Waals surface area contributed by atoms with Crippen LogP contribution >= 0.6 is 0 Å². The Bertz CT molecular complexity index is 971. The third-order valence-corrected chi connectivity index (χ3v) is 5.57. The van der Waals surface area contributed by atoms with E-state index < -0.39 is 0 Å². The molecule has 1 unspecified atom stereocenters. The lowest BCUT2D eigenvalue weighted by Crippen LogP contribution is -2.44. The molecule has 1 fully saturated rings. The number of nitrogens with zero attached hydrogens (tertiary/aromatic N) is 3. The van der Waals surface area contributed by atoms with Crippen molar-refractivity contribution >= 4 is 22.9 Å². The van der Waals surface area contributed by atoms with Gasteiger partial charge in [-0.05, 0) is 57.7 Å². The highest BCUT2D eigenvalue weighted by Crippen LogP contribution is 2.24. The highest BCUT2D eigenvalue weighted by molar-refractivity contribution is 5.80. The first-order valence-electron chi connectivity index (χ1n) is 9.92. The topological polar surface area (TPSA) is 87.1 Å². The van der Waals surface area contributed by atoms with Gasteiger partial charge in [-0.1, -0.05) is 11.2 Å². The minimum atomic E-state index is -0.0200. The van der Waals surface area contributed by atoms with Crippen LogP contribution in [0.2, 0.25) is 0 Å². The van der Waals surface area contributed by atoms with Gasteiger partial charge < -0.3 is 19.7 Å². The summed E-state index contributed by atoms with van der Waals surface area (Å²) in [6.07, 6.45) is 2.64. The molecule has 7 nitrogen and oxygen atoms in total. The third kappa shape index (κ3) is 3.74. The third-order valence-electron chi connectivity index (χ3n) is 5.57. The molecule has 28 heavy (non-hydrogen) atoms. The Morgan fingerprint density at radius 3 is 3.00 bits per heavy atom. The van der Waals surface area contributed by atoms with Gasteiger partial charge in [-0.3, -0.25) is 4.79 Å². The Balaban J connectivity index is 1.36. The lowest BCUT2D eigenvalue weighted by atomic mass is 9.97. The Morgan fingerprint density at radius 1 is 1.36 bits per heavy atom. The van der Waals surface area contributed by atoms with Crippen molar-refractivity contribution in [2.24, 2.45) is 5.92 Å². The van der Waals surface area contributed by atoms with Gasteiger partial charge in [0.15, 0.2) is 0 Å². The molecule has 0 saturated carbocycles. The maximum absolute atomic E-state index is 12.7. The van der Waals surface area contributed by atoms with Crippen LogP contribution in [-0.2, 0) is 11.2 Å². The fourth-order valence-electron chi connectivity index (χ4n) is 3.96. The van der Waals surface area contributed by atoms with Crippen LogP contribution in [0.25, 0.3) is 11.0 Å². The van der Waals surface area contributed by atoms with E-state index in [-0.39, 0.29) is 11.8 Å². The number of imidazole rings is 1. The van der Waals surface area contributed by atoms with Crippen LogP contribution < -0.4 is 10.2 Å². The number of rotatable bonds is 5. The highest BCUT2D eigenvalue weighted by atomic mass is 16.5. The molecule has 3 aromatic rings. The van der Waals surface area contributed by atoms with E-state index in [1.807, 2.05) is 19.9 Å². The number of amides is 1. The van der Waals surface area contributed by atoms with Gasteiger partial charge in [0, 0.05) is 25.2 Å². The number of aryl methyl sites for hydroxylation is 3. The molecule has 1 aromatic carbocycles. The zero-order chi connectivity index (χ0) is 19.7. The van der Waals surface area contributed by atoms with E-state index in [4.69, 9.17) is 9.51 Å². The predicted molar refractivity (Wildman–Crippen MR) is 108 cm³/mol. The van der Waals surface area contributed by atoms with Gasteiger partial charge in [0.2, 0.25) is 11.9 Å². The van der Waals surface area contributed by atoms with E-state index in [1.54, 1.807) is 0 Å². The molecular formula is C21H27N5O2. The van der Waals surface area contributed by atoms with Gasteiger partial charge in [-0.25, -0.2) is 4.98 Å². The average Bonchev–Trinajstić information content (AvgIpc) is 3.25. The van der Waals surface area contributed by atoms with E-state index in [2.05, 4.69) is 39.4 Å². The minimum Gasteiger partial charge on any atom is -0.361 e. The predicted octanol–water partition coefficient (Wildman–Crippen LogP) is 3.05. The number of aromatic amines is 1. The SMILES string of the molecule is Cc1ccc2nc(N3CCCC(C(=O)NCCc4c(C)noc4C)C3)[nH]c2c1. The van der Waals surface area contributed by atoms with Crippen LogP contribution in [0.1, 0.15) is 35.4 Å². The Hall–Kier alpha value is -2.83. The first kappa shape index (κ1) is 18.5. The molecule has 2 aromatic heterocycles. The quantitative estimate of drug-likeness (QED) is 0.709. The lowest BCUT2D eigenvalue weighted by molar-refractivity contribution is -0.125. The van der Waals surface area contributed by atoms with Gasteiger partial charge in [0.25, 0.3) is 0 Å². The first-order valence-corrected chi connectivity index (χ1v) is 9.92. The number of benzene rings is 1. The monoisotopic (exact) mass is 381 g/mol. The van der Waals surface area contributed by atoms with E-state index in [0.717, 1.165) is 59.8 Å². The van der Waals surface area contributed by atoms with Crippen molar-refractivity contribution in [3.05, 3.63) is 40.8 Å². The second-order valence-electron chi connectivity index (χ2n) is 7.71. The van der Waals surface area contributed by atoms with Crippen molar-refractivity contribution < 1.29 is 9.32 Å². The number of carbonyl (C=O) groups is 1. The molecule has 0 aliphatic carbocycles. The summed E-state index contributed by atoms with van der Waals surface area (Å²) in [4.78, 5) is 23.0. The van der Waals surface area contributed by atoms with Gasteiger partial charge in [-0.2, -0.15) is 0 Å². The molecule has 1 aliphatic heterocycles. The van der Waals surface area contributed by atoms with Gasteiger partial charge in [0.05, 0.1) is 22.6 Å². The maximum atomic E-state index is 12.7. The molecule has 1 atom stereocenters. The summed E-state index contributed by atoms with van der Waals surface area (Å²) < 4.78 is 5.18. The van der Waals surface area contributed by atoms with Crippen LogP contribution in [0.5, 0.6) is 0 Å². The molecule has 0 bridgehead atoms. The molecule has 3 heterocycles. The molecule has 148 valence electrons. The highest BCUT2D eigenvalue weighted by Gasteiger charge is 2.27. The summed E-state index contributed by atoms with van der Waals surface area (Å²) in [5.41, 5.74) is 5.20. The summed E-state index contributed by atoms with van der Waals surface area (Å²) in [6.45, 7) is 8.12. The number of aromatic nitrogens is 3. The normalized spacial score (nSPS) is 17.2. The number of hydrogen-bond acceptors (Lipinski definition) is 5. The summed E-state index contributed by atoms with van der Waals surface area (Å²) >= 11 is 0. The molecule has 4 rings (SSSR count). The minimum absolute atomic E-state index is 0.0200. The zero-order valence-corrected chi connectivity index (χ0v) is 16.7. The zero-order valence-electron chi connectivity index (χ0n) is 16.7. The van der Waals surface area contributed by atoms with Crippen LogP contribution in [0, 0.1) is 26.7 Å². The largest absolute Gasteiger partial charge is 0.361 e. The van der Waals surface area contributed by atoms with E-state index >= 15 is 0 Å². The number of fused-ring (bicyclic) bond motifs is 1. The van der Waals surface area contributed by atoms with Crippen LogP contribution in [0.4, 0.5) is 5.95 Å². The van der Waals surface area contributed by atoms with Crippen molar-refractivity contribution in [1.82, 2.24) is 20.4 Å². The number of carbonyl (C=O) groups excluding carboxylic acids is 1. The van der Waals surface area contributed by atoms with E-state index in [9.17, 15) is 4.79 Å². The number of nitrogens with one attached hydrogen (secondary N) is 2. The summed E-state index contributed by atoms with van der Waals surface area (Å²) in [6, 6.07) is 6.21. The molecule has 1 aliphatic rings. The van der Waals surface area contributed by atoms with Crippen molar-refractivity contribution in [2.45, 2.75) is 40.0 Å². The van der Waals surface area contributed by atoms with Gasteiger partial charge in [-0.15, -0.1) is 0 Å². The molecule has 1 amide bonds. The van der Waals surface area contributed by atoms with Crippen molar-refractivity contribution in [3.63, 3.8) is 0 Å². The van der Waals surface area contributed by atoms with Crippen molar-refractivity contribution in [1.29, 1.82) is 0 Å². The molecule has 2 N–H and O–H groups in total. The number of anilines is 1. The van der Waals surface area contributed by atoms with Crippen molar-refractivity contribution in [3.8, 4) is 0 Å². The smallest absolute Gasteiger partial charge is 0.224 e. The number of H-pyrrole nitrogens is 1. The van der Waals surface area contributed by atoms with Gasteiger partial charge >= 0.3 is 0 Å². The first-order chi connectivity index (χ1) is 13.5. The average molecular weight is 381 g/mol. The van der Waals surface area contributed by atoms with Crippen LogP contribution in [-0.4, -0.2) is 40.7 Å². The number of piperidine rings is 1. The number of hydrogen-bond donors (Lipinski definition) is 2. The fraction of sp³-hybridized carbons (Fsp3) is 0.476. The van der Waals surface area contributed by atoms with E-state index in [0.29, 0.717) is 13.1 Å². The summed E-state index contributed by atoms with van der Waals surface area (Å²) in [5, 5.41) is 7.05. The standard InChI is InChI=1S/C21H27N5O2/c1-13-6-7-18-19(11-13)24-21(23-18)26-10-4-5-16(12-26)20(27)22-9-8-17-14(2)25-28-15(17)3/h6-7,11,16H,4-5,8-10,12H2,1-3H3,(H,22,27)(H,23,24). The van der Waals surface area contributed by atoms with Crippen LogP contribution in [0.15, 0.2) is 22.7 Å². The van der Waals surface area contributed by atoms with Gasteiger partial charge in [0.1, 0.15) is 5.76 Å². The Labute approximate surface area is 164 Å². The van der Waals surface area contributed by atoms with Crippen LogP contribution in [0.3, 0.4) is 0 Å². The van der Waals surface area contributed by atoms with E-state index in [1.165, 1.54) is 5.56 Å². The molecule has 0 radical (unpaired) electrons. The molecule has 7 heteroatoms. The molecular weight excluding hydrogens is 354 g/mol. The molecule has 1 saturated heterocycles. The Kier molecular flexibility index (Phi) is 5.07. The van der Waals surface area contributed by atoms with Crippen molar-refractivity contribution in [2.75, 3.05) is 24.5 Å². The maximum Gasteiger partial charge on any atom is 0.224 e. The second kappa shape index (κ2) is 7.66. The Morgan fingerprint density at radius 2 is 2.21 bits per heavy atom. The fourth-order valence-corrected chi connectivity index (χ4v) is 3.96. The summed E-state index contributed by atoms with van der Waals surface area (Å²) in [5.74, 6) is 1.78. The summed E-state index contributed by atoms with van der Waals surface area (Å²) in [7, 11) is 0. The molecule has 0 spiro atoms. The lowest BCUT2D eigenvalue weighted by Gasteiger charge is -2.31.